The van der Waals surface area contributed by atoms with E-state index in [1.807, 2.05) is 38.1 Å². The van der Waals surface area contributed by atoms with Gasteiger partial charge in [0.1, 0.15) is 36.2 Å². The highest BCUT2D eigenvalue weighted by molar-refractivity contribution is 5.89. The van der Waals surface area contributed by atoms with Gasteiger partial charge in [-0.25, -0.2) is 9.59 Å². The van der Waals surface area contributed by atoms with E-state index in [2.05, 4.69) is 16.9 Å². The maximum absolute atomic E-state index is 13.5. The van der Waals surface area contributed by atoms with Gasteiger partial charge in [0.25, 0.3) is 0 Å². The first-order chi connectivity index (χ1) is 27.8. The van der Waals surface area contributed by atoms with Crippen molar-refractivity contribution in [3.63, 3.8) is 0 Å². The number of unbranched alkanes of at least 4 members (excludes halogenated alkanes) is 3. The zero-order valence-electron chi connectivity index (χ0n) is 33.9. The Kier molecular flexibility index (Phi) is 20.0. The zero-order valence-corrected chi connectivity index (χ0v) is 33.9. The molecule has 2 aliphatic heterocycles. The summed E-state index contributed by atoms with van der Waals surface area (Å²) in [5.74, 6) is -0.767. The number of ether oxygens (including phenoxy) is 11. The molecule has 0 spiro atoms. The third kappa shape index (κ3) is 13.1. The van der Waals surface area contributed by atoms with Crippen LogP contribution >= 0.6 is 0 Å². The van der Waals surface area contributed by atoms with E-state index < -0.39 is 73.3 Å². The molecule has 2 aromatic rings. The molecule has 5 unspecified atom stereocenters. The Morgan fingerprint density at radius 1 is 0.754 bits per heavy atom. The molecule has 0 saturated carbocycles. The monoisotopic (exact) mass is 801 g/mol. The number of nitrogens with zero attached hydrogens (tertiary/aromatic N) is 3. The summed E-state index contributed by atoms with van der Waals surface area (Å²) in [5, 5.41) is 4.15. The Morgan fingerprint density at radius 2 is 1.42 bits per heavy atom. The van der Waals surface area contributed by atoms with Crippen LogP contribution in [0.25, 0.3) is 10.4 Å². The van der Waals surface area contributed by atoms with Gasteiger partial charge in [-0.2, -0.15) is 0 Å². The second-order valence-corrected chi connectivity index (χ2v) is 13.7. The molecule has 16 nitrogen and oxygen atoms in total. The Hall–Kier alpha value is -3.83. The number of hydrogen-bond acceptors (Lipinski definition) is 14. The van der Waals surface area contributed by atoms with E-state index in [0.29, 0.717) is 25.4 Å². The number of esters is 2. The standard InChI is InChI=1S/C41H59N3O13/c1-7-10-22-50-26-30-32(53-25-27-18-20-29(47-4)21-19-27)33(51-23-11-8-2)31(43-44-42)40(54-30)56-35-34(52-24-12-9-3)37(41(49-6)57-36(35)39(46)48-5)55-38(45)28-16-14-13-15-17-28/h13-21,30-37,40-41H,7-12,22-26H2,1-6H3/t30?,31?,32-,33?,34?,35+,36-,37?,40-,41+/m1/s1. The number of carbonyl (C=O) groups excluding carboxylic acids is 2. The fourth-order valence-electron chi connectivity index (χ4n) is 6.49. The molecule has 0 bridgehead atoms. The molecule has 316 valence electrons. The van der Waals surface area contributed by atoms with Crippen molar-refractivity contribution in [3.8, 4) is 5.75 Å². The van der Waals surface area contributed by atoms with E-state index >= 15 is 0 Å². The van der Waals surface area contributed by atoms with Crippen LogP contribution in [0.5, 0.6) is 5.75 Å². The average molecular weight is 802 g/mol. The highest BCUT2D eigenvalue weighted by atomic mass is 16.8. The lowest BCUT2D eigenvalue weighted by Gasteiger charge is -2.48. The Morgan fingerprint density at radius 3 is 2.04 bits per heavy atom. The van der Waals surface area contributed by atoms with Gasteiger partial charge >= 0.3 is 11.9 Å². The molecule has 16 heteroatoms. The van der Waals surface area contributed by atoms with Gasteiger partial charge in [-0.05, 0) is 54.6 Å². The highest BCUT2D eigenvalue weighted by Crippen LogP contribution is 2.36. The number of carbonyl (C=O) groups is 2. The van der Waals surface area contributed by atoms with Gasteiger partial charge in [-0.1, -0.05) is 75.5 Å². The lowest BCUT2D eigenvalue weighted by Crippen LogP contribution is -2.66. The van der Waals surface area contributed by atoms with Gasteiger partial charge in [-0.15, -0.1) is 0 Å². The molecule has 2 aliphatic rings. The lowest BCUT2D eigenvalue weighted by atomic mass is 9.95. The number of azide groups is 1. The molecule has 0 radical (unpaired) electrons. The maximum Gasteiger partial charge on any atom is 0.338 e. The number of rotatable bonds is 24. The van der Waals surface area contributed by atoms with E-state index in [9.17, 15) is 15.1 Å². The molecule has 2 fully saturated rings. The zero-order chi connectivity index (χ0) is 41.0. The summed E-state index contributed by atoms with van der Waals surface area (Å²) in [6.07, 6.45) is -5.48. The molecular formula is C41H59N3O13. The van der Waals surface area contributed by atoms with Gasteiger partial charge < -0.3 is 52.1 Å². The van der Waals surface area contributed by atoms with Gasteiger partial charge in [0.2, 0.25) is 0 Å². The van der Waals surface area contributed by atoms with Crippen LogP contribution in [0, 0.1) is 0 Å². The normalized spacial score (nSPS) is 27.3. The SMILES string of the molecule is CCCCOCC1O[C@H](O[C@H]2C(OCCCC)C(OC(=O)c3ccccc3)[C@@H](OC)O[C@H]2C(=O)OC)C(N=[N+]=[N-])C(OCCCC)[C@@H]1OCc1ccc(OC)cc1. The first-order valence-corrected chi connectivity index (χ1v) is 19.8. The summed E-state index contributed by atoms with van der Waals surface area (Å²) in [6, 6.07) is 14.7. The molecule has 10 atom stereocenters. The molecule has 2 heterocycles. The van der Waals surface area contributed by atoms with E-state index in [-0.39, 0.29) is 25.4 Å². The van der Waals surface area contributed by atoms with Crippen molar-refractivity contribution in [1.82, 2.24) is 0 Å². The molecule has 2 aromatic carbocycles. The lowest BCUT2D eigenvalue weighted by molar-refractivity contribution is -0.345. The maximum atomic E-state index is 13.5. The topological polar surface area (TPSA) is 184 Å². The van der Waals surface area contributed by atoms with Crippen LogP contribution in [0.2, 0.25) is 0 Å². The van der Waals surface area contributed by atoms with Crippen LogP contribution in [-0.4, -0.2) is 121 Å². The minimum absolute atomic E-state index is 0.0881. The van der Waals surface area contributed by atoms with Gasteiger partial charge in [-0.3, -0.25) is 0 Å². The molecule has 0 aromatic heterocycles. The Balaban J connectivity index is 1.75. The summed E-state index contributed by atoms with van der Waals surface area (Å²) in [7, 11) is 4.17. The van der Waals surface area contributed by atoms with Crippen LogP contribution in [0.4, 0.5) is 0 Å². The number of benzene rings is 2. The molecule has 0 amide bonds. The second kappa shape index (κ2) is 24.8. The minimum atomic E-state index is -1.45. The first-order valence-electron chi connectivity index (χ1n) is 19.8. The fraction of sp³-hybridized carbons (Fsp3) is 0.659. The largest absolute Gasteiger partial charge is 0.497 e. The van der Waals surface area contributed by atoms with Crippen LogP contribution in [-0.2, 0) is 58.8 Å². The Labute approximate surface area is 335 Å². The van der Waals surface area contributed by atoms with E-state index in [0.717, 1.165) is 37.7 Å². The van der Waals surface area contributed by atoms with Crippen molar-refractivity contribution in [2.45, 2.75) is 127 Å². The second-order valence-electron chi connectivity index (χ2n) is 13.7. The van der Waals surface area contributed by atoms with Gasteiger partial charge in [0.15, 0.2) is 24.8 Å². The molecular weight excluding hydrogens is 742 g/mol. The third-order valence-corrected chi connectivity index (χ3v) is 9.65. The van der Waals surface area contributed by atoms with Gasteiger partial charge in [0, 0.05) is 31.8 Å². The highest BCUT2D eigenvalue weighted by Gasteiger charge is 2.56. The smallest absolute Gasteiger partial charge is 0.338 e. The van der Waals surface area contributed by atoms with E-state index in [1.54, 1.807) is 37.4 Å². The van der Waals surface area contributed by atoms with E-state index in [1.165, 1.54) is 14.2 Å². The van der Waals surface area contributed by atoms with Crippen LogP contribution in [0.1, 0.15) is 75.2 Å². The van der Waals surface area contributed by atoms with Crippen LogP contribution in [0.3, 0.4) is 0 Å². The van der Waals surface area contributed by atoms with Crippen molar-refractivity contribution < 1.29 is 61.7 Å². The summed E-state index contributed by atoms with van der Waals surface area (Å²) in [5.41, 5.74) is 11.1. The quantitative estimate of drug-likeness (QED) is 0.0378. The molecule has 4 rings (SSSR count). The van der Waals surface area contributed by atoms with Crippen LogP contribution < -0.4 is 4.74 Å². The molecule has 2 saturated heterocycles. The number of hydrogen-bond donors (Lipinski definition) is 0. The summed E-state index contributed by atoms with van der Waals surface area (Å²) in [6.45, 7) is 7.37. The predicted octanol–water partition coefficient (Wildman–Crippen LogP) is 6.33. The average Bonchev–Trinajstić information content (AvgIpc) is 3.24. The van der Waals surface area contributed by atoms with Crippen molar-refractivity contribution >= 4 is 11.9 Å². The summed E-state index contributed by atoms with van der Waals surface area (Å²) >= 11 is 0. The molecule has 0 N–H and O–H groups in total. The van der Waals surface area contributed by atoms with Crippen molar-refractivity contribution in [2.75, 3.05) is 47.8 Å². The van der Waals surface area contributed by atoms with E-state index in [4.69, 9.17) is 52.1 Å². The Bertz CT molecular complexity index is 1510. The summed E-state index contributed by atoms with van der Waals surface area (Å²) in [4.78, 5) is 30.2. The number of methoxy groups -OCH3 is 3. The summed E-state index contributed by atoms with van der Waals surface area (Å²) < 4.78 is 67.2. The first kappa shape index (κ1) is 45.9. The van der Waals surface area contributed by atoms with Crippen molar-refractivity contribution in [3.05, 3.63) is 76.2 Å². The fourth-order valence-corrected chi connectivity index (χ4v) is 6.49. The van der Waals surface area contributed by atoms with Gasteiger partial charge in [0.05, 0.1) is 39.1 Å². The predicted molar refractivity (Wildman–Crippen MR) is 206 cm³/mol. The molecule has 57 heavy (non-hydrogen) atoms. The van der Waals surface area contributed by atoms with Crippen molar-refractivity contribution in [2.24, 2.45) is 5.11 Å². The van der Waals surface area contributed by atoms with Crippen molar-refractivity contribution in [1.29, 1.82) is 0 Å². The molecule has 0 aliphatic carbocycles. The van der Waals surface area contributed by atoms with Crippen LogP contribution in [0.15, 0.2) is 59.7 Å². The minimum Gasteiger partial charge on any atom is -0.497 e. The third-order valence-electron chi connectivity index (χ3n) is 9.65.